The SMILES string of the molecule is O=C(CSCc1ccc(F)cc1)NCc1ccccc1Cn1cccn1. The molecule has 1 heterocycles. The first kappa shape index (κ1) is 18.2. The number of nitrogens with one attached hydrogen (secondary N) is 1. The van der Waals surface area contributed by atoms with E-state index in [1.165, 1.54) is 23.9 Å². The second-order valence-corrected chi connectivity index (χ2v) is 6.85. The van der Waals surface area contributed by atoms with Gasteiger partial charge in [0.05, 0.1) is 12.3 Å². The lowest BCUT2D eigenvalue weighted by Crippen LogP contribution is -2.25. The molecule has 6 heteroatoms. The van der Waals surface area contributed by atoms with Gasteiger partial charge in [-0.3, -0.25) is 9.48 Å². The molecule has 0 unspecified atom stereocenters. The molecule has 0 aliphatic heterocycles. The zero-order valence-electron chi connectivity index (χ0n) is 14.3. The number of halogens is 1. The van der Waals surface area contributed by atoms with Crippen LogP contribution in [0.5, 0.6) is 0 Å². The van der Waals surface area contributed by atoms with E-state index >= 15 is 0 Å². The lowest BCUT2D eigenvalue weighted by Gasteiger charge is -2.11. The maximum atomic E-state index is 12.9. The fourth-order valence-electron chi connectivity index (χ4n) is 2.54. The molecule has 0 fully saturated rings. The summed E-state index contributed by atoms with van der Waals surface area (Å²) in [6, 6.07) is 16.3. The van der Waals surface area contributed by atoms with Crippen LogP contribution >= 0.6 is 11.8 Å². The molecular formula is C20H20FN3OS. The van der Waals surface area contributed by atoms with Gasteiger partial charge in [-0.1, -0.05) is 36.4 Å². The molecule has 1 N–H and O–H groups in total. The Morgan fingerprint density at radius 2 is 1.85 bits per heavy atom. The van der Waals surface area contributed by atoms with Crippen LogP contribution < -0.4 is 5.32 Å². The number of hydrogen-bond donors (Lipinski definition) is 1. The predicted octanol–water partition coefficient (Wildman–Crippen LogP) is 3.62. The molecule has 3 rings (SSSR count). The van der Waals surface area contributed by atoms with Crippen molar-refractivity contribution in [1.29, 1.82) is 0 Å². The zero-order chi connectivity index (χ0) is 18.2. The summed E-state index contributed by atoms with van der Waals surface area (Å²) < 4.78 is 14.7. The van der Waals surface area contributed by atoms with Gasteiger partial charge in [-0.15, -0.1) is 11.8 Å². The number of aromatic nitrogens is 2. The third kappa shape index (κ3) is 5.46. The van der Waals surface area contributed by atoms with Crippen LogP contribution in [-0.2, 0) is 23.6 Å². The topological polar surface area (TPSA) is 46.9 Å². The van der Waals surface area contributed by atoms with Crippen molar-refractivity contribution in [2.75, 3.05) is 5.75 Å². The fourth-order valence-corrected chi connectivity index (χ4v) is 3.36. The van der Waals surface area contributed by atoms with E-state index in [-0.39, 0.29) is 11.7 Å². The Balaban J connectivity index is 1.46. The molecule has 134 valence electrons. The highest BCUT2D eigenvalue weighted by Crippen LogP contribution is 2.13. The van der Waals surface area contributed by atoms with Crippen molar-refractivity contribution in [3.05, 3.63) is 89.5 Å². The Morgan fingerprint density at radius 1 is 1.08 bits per heavy atom. The first-order valence-corrected chi connectivity index (χ1v) is 9.49. The fraction of sp³-hybridized carbons (Fsp3) is 0.200. The number of carbonyl (C=O) groups is 1. The molecule has 1 aromatic heterocycles. The van der Waals surface area contributed by atoms with Crippen LogP contribution in [0.1, 0.15) is 16.7 Å². The minimum atomic E-state index is -0.245. The summed E-state index contributed by atoms with van der Waals surface area (Å²) in [6.07, 6.45) is 3.67. The summed E-state index contributed by atoms with van der Waals surface area (Å²) in [5.74, 6) is 0.804. The van der Waals surface area contributed by atoms with E-state index in [9.17, 15) is 9.18 Å². The molecular weight excluding hydrogens is 349 g/mol. The lowest BCUT2D eigenvalue weighted by atomic mass is 10.1. The van der Waals surface area contributed by atoms with Crippen molar-refractivity contribution in [3.63, 3.8) is 0 Å². The number of carbonyl (C=O) groups excluding carboxylic acids is 1. The van der Waals surface area contributed by atoms with E-state index in [2.05, 4.69) is 10.4 Å². The number of nitrogens with zero attached hydrogens (tertiary/aromatic N) is 2. The van der Waals surface area contributed by atoms with E-state index in [1.54, 1.807) is 18.3 Å². The van der Waals surface area contributed by atoms with Gasteiger partial charge >= 0.3 is 0 Å². The second kappa shape index (κ2) is 9.20. The highest BCUT2D eigenvalue weighted by atomic mass is 32.2. The van der Waals surface area contributed by atoms with Crippen LogP contribution in [0, 0.1) is 5.82 Å². The van der Waals surface area contributed by atoms with Gasteiger partial charge in [-0.2, -0.15) is 5.10 Å². The molecule has 0 aliphatic carbocycles. The monoisotopic (exact) mass is 369 g/mol. The molecule has 0 aliphatic rings. The number of thioether (sulfide) groups is 1. The van der Waals surface area contributed by atoms with E-state index < -0.39 is 0 Å². The molecule has 0 bridgehead atoms. The Bertz CT molecular complexity index is 835. The van der Waals surface area contributed by atoms with Crippen LogP contribution in [0.2, 0.25) is 0 Å². The quantitative estimate of drug-likeness (QED) is 0.660. The van der Waals surface area contributed by atoms with Gasteiger partial charge in [0.15, 0.2) is 0 Å². The van der Waals surface area contributed by atoms with Crippen LogP contribution in [0.4, 0.5) is 4.39 Å². The first-order valence-electron chi connectivity index (χ1n) is 8.34. The summed E-state index contributed by atoms with van der Waals surface area (Å²) in [5, 5.41) is 7.19. The molecule has 0 radical (unpaired) electrons. The average molecular weight is 369 g/mol. The Labute approximate surface area is 156 Å². The van der Waals surface area contributed by atoms with E-state index in [4.69, 9.17) is 0 Å². The van der Waals surface area contributed by atoms with Crippen molar-refractivity contribution in [2.45, 2.75) is 18.8 Å². The molecule has 3 aromatic rings. The van der Waals surface area contributed by atoms with E-state index in [0.29, 0.717) is 24.6 Å². The summed E-state index contributed by atoms with van der Waals surface area (Å²) in [6.45, 7) is 1.17. The van der Waals surface area contributed by atoms with Gasteiger partial charge in [-0.05, 0) is 34.9 Å². The smallest absolute Gasteiger partial charge is 0.230 e. The molecule has 4 nitrogen and oxygen atoms in total. The normalized spacial score (nSPS) is 10.7. The standard InChI is InChI=1S/C20H20FN3OS/c21-19-8-6-16(7-9-19)14-26-15-20(25)22-12-17-4-1-2-5-18(17)13-24-11-3-10-23-24/h1-11H,12-15H2,(H,22,25). The number of amides is 1. The molecule has 26 heavy (non-hydrogen) atoms. The van der Waals surface area contributed by atoms with Gasteiger partial charge < -0.3 is 5.32 Å². The van der Waals surface area contributed by atoms with Crippen molar-refractivity contribution >= 4 is 17.7 Å². The predicted molar refractivity (Wildman–Crippen MR) is 102 cm³/mol. The summed E-state index contributed by atoms with van der Waals surface area (Å²) >= 11 is 1.51. The third-order valence-corrected chi connectivity index (χ3v) is 4.90. The number of benzene rings is 2. The molecule has 0 saturated carbocycles. The Kier molecular flexibility index (Phi) is 6.44. The third-order valence-electron chi connectivity index (χ3n) is 3.90. The van der Waals surface area contributed by atoms with Gasteiger partial charge in [0, 0.05) is 24.7 Å². The van der Waals surface area contributed by atoms with E-state index in [0.717, 1.165) is 16.7 Å². The van der Waals surface area contributed by atoms with Crippen LogP contribution in [0.25, 0.3) is 0 Å². The van der Waals surface area contributed by atoms with Gasteiger partial charge in [0.2, 0.25) is 5.91 Å². The Hall–Kier alpha value is -2.60. The number of rotatable bonds is 8. The van der Waals surface area contributed by atoms with Gasteiger partial charge in [-0.25, -0.2) is 4.39 Å². The molecule has 0 saturated heterocycles. The minimum absolute atomic E-state index is 0.00833. The van der Waals surface area contributed by atoms with Gasteiger partial charge in [0.1, 0.15) is 5.82 Å². The highest BCUT2D eigenvalue weighted by molar-refractivity contribution is 7.99. The summed E-state index contributed by atoms with van der Waals surface area (Å²) in [7, 11) is 0. The molecule has 0 spiro atoms. The van der Waals surface area contributed by atoms with Crippen LogP contribution in [0.3, 0.4) is 0 Å². The van der Waals surface area contributed by atoms with E-state index in [1.807, 2.05) is 41.2 Å². The van der Waals surface area contributed by atoms with Crippen molar-refractivity contribution in [1.82, 2.24) is 15.1 Å². The summed E-state index contributed by atoms with van der Waals surface area (Å²) in [4.78, 5) is 12.1. The minimum Gasteiger partial charge on any atom is -0.351 e. The highest BCUT2D eigenvalue weighted by Gasteiger charge is 2.06. The maximum Gasteiger partial charge on any atom is 0.230 e. The van der Waals surface area contributed by atoms with Crippen molar-refractivity contribution in [3.8, 4) is 0 Å². The maximum absolute atomic E-state index is 12.9. The lowest BCUT2D eigenvalue weighted by molar-refractivity contribution is -0.118. The first-order chi connectivity index (χ1) is 12.7. The molecule has 0 atom stereocenters. The Morgan fingerprint density at radius 3 is 2.58 bits per heavy atom. The van der Waals surface area contributed by atoms with Gasteiger partial charge in [0.25, 0.3) is 0 Å². The summed E-state index contributed by atoms with van der Waals surface area (Å²) in [5.41, 5.74) is 3.23. The number of hydrogen-bond acceptors (Lipinski definition) is 3. The second-order valence-electron chi connectivity index (χ2n) is 5.87. The molecule has 2 aromatic carbocycles. The average Bonchev–Trinajstić information content (AvgIpc) is 3.16. The van der Waals surface area contributed by atoms with Crippen molar-refractivity contribution in [2.24, 2.45) is 0 Å². The largest absolute Gasteiger partial charge is 0.351 e. The van der Waals surface area contributed by atoms with Crippen LogP contribution in [0.15, 0.2) is 67.0 Å². The van der Waals surface area contributed by atoms with Crippen molar-refractivity contribution < 1.29 is 9.18 Å². The van der Waals surface area contributed by atoms with Crippen LogP contribution in [-0.4, -0.2) is 21.4 Å². The zero-order valence-corrected chi connectivity index (χ0v) is 15.1. The molecule has 1 amide bonds.